The number of aromatic nitrogens is 2. The minimum atomic E-state index is -0.880. The first-order valence-electron chi connectivity index (χ1n) is 7.70. The molecule has 0 bridgehead atoms. The van der Waals surface area contributed by atoms with E-state index in [-0.39, 0.29) is 18.2 Å². The van der Waals surface area contributed by atoms with Gasteiger partial charge >= 0.3 is 5.97 Å². The number of fused-ring (bicyclic) bond motifs is 1. The topological polar surface area (TPSA) is 113 Å². The lowest BCUT2D eigenvalue weighted by Crippen LogP contribution is -2.35. The van der Waals surface area contributed by atoms with Crippen molar-refractivity contribution in [2.24, 2.45) is 0 Å². The van der Waals surface area contributed by atoms with Crippen LogP contribution in [0.15, 0.2) is 42.5 Å². The summed E-state index contributed by atoms with van der Waals surface area (Å²) >= 11 is 1.07. The maximum absolute atomic E-state index is 12.3. The molecular formula is C17H16N4O4S. The van der Waals surface area contributed by atoms with Crippen LogP contribution < -0.4 is 10.6 Å². The Balaban J connectivity index is 1.69. The van der Waals surface area contributed by atoms with E-state index >= 15 is 0 Å². The number of methoxy groups -OCH3 is 1. The van der Waals surface area contributed by atoms with E-state index in [0.717, 1.165) is 11.7 Å². The number of nitrogens with zero attached hydrogens (tertiary/aromatic N) is 2. The quantitative estimate of drug-likeness (QED) is 0.566. The second-order valence-electron chi connectivity index (χ2n) is 5.42. The number of rotatable bonds is 6. The Bertz CT molecular complexity index is 943. The Kier molecular flexibility index (Phi) is 5.40. The number of benzene rings is 2. The number of carbonyl (C=O) groups is 2. The van der Waals surface area contributed by atoms with Crippen molar-refractivity contribution in [3.05, 3.63) is 48.0 Å². The molecule has 0 saturated carbocycles. The molecule has 1 aromatic heterocycles. The molecule has 2 aromatic carbocycles. The SMILES string of the molecule is COC(=O)C(NCC(=O)Nc1cccc2nsnc12)c1cccc(O)c1. The molecule has 8 nitrogen and oxygen atoms in total. The van der Waals surface area contributed by atoms with Crippen molar-refractivity contribution < 1.29 is 19.4 Å². The summed E-state index contributed by atoms with van der Waals surface area (Å²) in [4.78, 5) is 24.3. The number of phenolic OH excluding ortho intramolecular Hbond substituents is 1. The molecule has 134 valence electrons. The first kappa shape index (κ1) is 17.8. The molecule has 3 rings (SSSR count). The maximum Gasteiger partial charge on any atom is 0.327 e. The second-order valence-corrected chi connectivity index (χ2v) is 5.95. The van der Waals surface area contributed by atoms with Crippen LogP contribution >= 0.6 is 11.7 Å². The van der Waals surface area contributed by atoms with Crippen LogP contribution in [0.3, 0.4) is 0 Å². The van der Waals surface area contributed by atoms with E-state index in [9.17, 15) is 14.7 Å². The van der Waals surface area contributed by atoms with Crippen molar-refractivity contribution in [2.45, 2.75) is 6.04 Å². The van der Waals surface area contributed by atoms with Gasteiger partial charge in [0.15, 0.2) is 0 Å². The van der Waals surface area contributed by atoms with Gasteiger partial charge in [0.25, 0.3) is 0 Å². The smallest absolute Gasteiger partial charge is 0.327 e. The van der Waals surface area contributed by atoms with Crippen molar-refractivity contribution in [3.63, 3.8) is 0 Å². The Morgan fingerprint density at radius 3 is 2.81 bits per heavy atom. The van der Waals surface area contributed by atoms with E-state index in [1.165, 1.54) is 19.2 Å². The highest BCUT2D eigenvalue weighted by Crippen LogP contribution is 2.22. The highest BCUT2D eigenvalue weighted by molar-refractivity contribution is 7.00. The third kappa shape index (κ3) is 3.95. The van der Waals surface area contributed by atoms with Gasteiger partial charge in [-0.1, -0.05) is 18.2 Å². The molecular weight excluding hydrogens is 356 g/mol. The highest BCUT2D eigenvalue weighted by atomic mass is 32.1. The Hall–Kier alpha value is -3.04. The summed E-state index contributed by atoms with van der Waals surface area (Å²) in [6.07, 6.45) is 0. The van der Waals surface area contributed by atoms with Gasteiger partial charge in [-0.25, -0.2) is 4.79 Å². The fourth-order valence-corrected chi connectivity index (χ4v) is 3.01. The van der Waals surface area contributed by atoms with Crippen molar-refractivity contribution in [2.75, 3.05) is 19.0 Å². The van der Waals surface area contributed by atoms with Gasteiger partial charge in [-0.15, -0.1) is 0 Å². The number of anilines is 1. The molecule has 0 aliphatic carbocycles. The molecule has 1 unspecified atom stereocenters. The molecule has 0 fully saturated rings. The molecule has 0 saturated heterocycles. The molecule has 0 aliphatic rings. The van der Waals surface area contributed by atoms with Crippen molar-refractivity contribution in [1.82, 2.24) is 14.1 Å². The van der Waals surface area contributed by atoms with E-state index in [1.54, 1.807) is 24.3 Å². The summed E-state index contributed by atoms with van der Waals surface area (Å²) < 4.78 is 13.1. The van der Waals surface area contributed by atoms with E-state index in [4.69, 9.17) is 4.74 Å². The van der Waals surface area contributed by atoms with Gasteiger partial charge in [0.1, 0.15) is 22.8 Å². The molecule has 1 heterocycles. The van der Waals surface area contributed by atoms with Gasteiger partial charge in [0, 0.05) is 0 Å². The summed E-state index contributed by atoms with van der Waals surface area (Å²) in [5.41, 5.74) is 2.36. The first-order chi connectivity index (χ1) is 12.6. The zero-order valence-electron chi connectivity index (χ0n) is 13.8. The van der Waals surface area contributed by atoms with Gasteiger partial charge in [0.05, 0.1) is 31.1 Å². The fraction of sp³-hybridized carbons (Fsp3) is 0.176. The summed E-state index contributed by atoms with van der Waals surface area (Å²) in [5, 5.41) is 15.2. The third-order valence-corrected chi connectivity index (χ3v) is 4.21. The van der Waals surface area contributed by atoms with Crippen molar-refractivity contribution >= 4 is 40.3 Å². The highest BCUT2D eigenvalue weighted by Gasteiger charge is 2.22. The minimum Gasteiger partial charge on any atom is -0.508 e. The Labute approximate surface area is 153 Å². The van der Waals surface area contributed by atoms with Crippen LogP contribution in [0.4, 0.5) is 5.69 Å². The lowest BCUT2D eigenvalue weighted by atomic mass is 10.1. The molecule has 9 heteroatoms. The van der Waals surface area contributed by atoms with Gasteiger partial charge in [-0.05, 0) is 29.8 Å². The molecule has 0 radical (unpaired) electrons. The molecule has 3 aromatic rings. The number of ether oxygens (including phenoxy) is 1. The zero-order chi connectivity index (χ0) is 18.5. The number of nitrogens with one attached hydrogen (secondary N) is 2. The lowest BCUT2D eigenvalue weighted by Gasteiger charge is -2.17. The van der Waals surface area contributed by atoms with Crippen LogP contribution in [0, 0.1) is 0 Å². The summed E-state index contributed by atoms with van der Waals surface area (Å²) in [5.74, 6) is -0.890. The molecule has 1 amide bonds. The molecule has 26 heavy (non-hydrogen) atoms. The first-order valence-corrected chi connectivity index (χ1v) is 8.43. The maximum atomic E-state index is 12.3. The van der Waals surface area contributed by atoms with E-state index < -0.39 is 12.0 Å². The monoisotopic (exact) mass is 372 g/mol. The summed E-state index contributed by atoms with van der Waals surface area (Å²) in [6, 6.07) is 10.6. The van der Waals surface area contributed by atoms with Crippen LogP contribution in [0.25, 0.3) is 11.0 Å². The zero-order valence-corrected chi connectivity index (χ0v) is 14.6. The Morgan fingerprint density at radius 1 is 1.23 bits per heavy atom. The minimum absolute atomic E-state index is 0.0189. The summed E-state index contributed by atoms with van der Waals surface area (Å²) in [6.45, 7) is -0.136. The van der Waals surface area contributed by atoms with Gasteiger partial charge in [0.2, 0.25) is 5.91 Å². The second kappa shape index (κ2) is 7.89. The average Bonchev–Trinajstić information content (AvgIpc) is 3.11. The fourth-order valence-electron chi connectivity index (χ4n) is 2.46. The summed E-state index contributed by atoms with van der Waals surface area (Å²) in [7, 11) is 1.26. The van der Waals surface area contributed by atoms with Crippen LogP contribution in [0.2, 0.25) is 0 Å². The number of esters is 1. The predicted octanol–water partition coefficient (Wildman–Crippen LogP) is 1.84. The number of carbonyl (C=O) groups excluding carboxylic acids is 2. The number of aromatic hydroxyl groups is 1. The van der Waals surface area contributed by atoms with Crippen molar-refractivity contribution in [3.8, 4) is 5.75 Å². The molecule has 1 atom stereocenters. The number of phenols is 1. The van der Waals surface area contributed by atoms with Crippen LogP contribution in [-0.4, -0.2) is 39.4 Å². The van der Waals surface area contributed by atoms with Crippen molar-refractivity contribution in [1.29, 1.82) is 0 Å². The normalized spacial score (nSPS) is 11.9. The predicted molar refractivity (Wildman–Crippen MR) is 96.9 cm³/mol. The van der Waals surface area contributed by atoms with E-state index in [2.05, 4.69) is 19.4 Å². The Morgan fingerprint density at radius 2 is 2.04 bits per heavy atom. The molecule has 0 aliphatic heterocycles. The van der Waals surface area contributed by atoms with Gasteiger partial charge in [-0.3, -0.25) is 10.1 Å². The number of amides is 1. The molecule has 0 spiro atoms. The van der Waals surface area contributed by atoms with E-state index in [0.29, 0.717) is 22.3 Å². The largest absolute Gasteiger partial charge is 0.508 e. The molecule has 3 N–H and O–H groups in total. The van der Waals surface area contributed by atoms with E-state index in [1.807, 2.05) is 6.07 Å². The average molecular weight is 372 g/mol. The van der Waals surface area contributed by atoms with Gasteiger partial charge < -0.3 is 15.2 Å². The number of hydrogen-bond donors (Lipinski definition) is 3. The standard InChI is InChI=1S/C17H16N4O4S/c1-25-17(24)15(10-4-2-5-11(22)8-10)18-9-14(23)19-12-6-3-7-13-16(12)21-26-20-13/h2-8,15,18,22H,9H2,1H3,(H,19,23). The third-order valence-electron chi connectivity index (χ3n) is 3.67. The van der Waals surface area contributed by atoms with Crippen LogP contribution in [0.1, 0.15) is 11.6 Å². The van der Waals surface area contributed by atoms with Crippen LogP contribution in [0.5, 0.6) is 5.75 Å². The van der Waals surface area contributed by atoms with Crippen LogP contribution in [-0.2, 0) is 14.3 Å². The van der Waals surface area contributed by atoms with Gasteiger partial charge in [-0.2, -0.15) is 8.75 Å². The lowest BCUT2D eigenvalue weighted by molar-refractivity contribution is -0.143. The number of hydrogen-bond acceptors (Lipinski definition) is 8.